The summed E-state index contributed by atoms with van der Waals surface area (Å²) in [5, 5.41) is 12.0. The normalized spacial score (nSPS) is 69.9. The van der Waals surface area contributed by atoms with Gasteiger partial charge in [-0.15, -0.1) is 0 Å². The molecule has 8 unspecified atom stereocenters. The summed E-state index contributed by atoms with van der Waals surface area (Å²) in [6.07, 6.45) is 5.81. The third-order valence-corrected chi connectivity index (χ3v) is 6.74. The predicted molar refractivity (Wildman–Crippen MR) is 57.0 cm³/mol. The van der Waals surface area contributed by atoms with E-state index in [0.29, 0.717) is 12.0 Å². The Morgan fingerprint density at radius 3 is 2.50 bits per heavy atom. The fourth-order valence-electron chi connectivity index (χ4n) is 6.56. The molecule has 1 saturated heterocycles. The van der Waals surface area contributed by atoms with Gasteiger partial charge >= 0.3 is 0 Å². The lowest BCUT2D eigenvalue weighted by Crippen LogP contribution is -3.09. The topological polar surface area (TPSA) is 36.7 Å². The summed E-state index contributed by atoms with van der Waals surface area (Å²) >= 11 is 0. The Labute approximate surface area is 95.7 Å². The molecule has 1 heterocycles. The molecule has 9 atom stereocenters. The molecule has 4 aliphatic carbocycles. The van der Waals surface area contributed by atoms with Crippen LogP contribution in [-0.4, -0.2) is 12.6 Å². The molecule has 16 heavy (non-hydrogen) atoms. The van der Waals surface area contributed by atoms with Crippen molar-refractivity contribution in [2.24, 2.45) is 41.4 Å². The van der Waals surface area contributed by atoms with Gasteiger partial charge in [0.15, 0.2) is 0 Å². The van der Waals surface area contributed by atoms with Crippen LogP contribution in [0.3, 0.4) is 0 Å². The minimum Gasteiger partial charge on any atom is -0.600 e. The monoisotopic (exact) mass is 221 g/mol. The Hall–Kier alpha value is -0.120. The molecule has 1 aliphatic heterocycles. The highest BCUT2D eigenvalue weighted by atomic mass is 16.9. The number of fused-ring (bicyclic) bond motifs is 12. The quantitative estimate of drug-likeness (QED) is 0.481. The maximum absolute atomic E-state index is 11.8. The summed E-state index contributed by atoms with van der Waals surface area (Å²) in [6, 6.07) is 0.325. The molecule has 5 fully saturated rings. The van der Waals surface area contributed by atoms with E-state index in [1.54, 1.807) is 0 Å². The fourth-order valence-corrected chi connectivity index (χ4v) is 6.56. The van der Waals surface area contributed by atoms with Gasteiger partial charge in [0, 0.05) is 11.8 Å². The molecule has 0 amide bonds. The van der Waals surface area contributed by atoms with Crippen LogP contribution in [0.4, 0.5) is 0 Å². The van der Waals surface area contributed by atoms with E-state index in [1.165, 1.54) is 25.7 Å². The standard InChI is InChI=1S/C13H19NO2/c15-14-13-9-4-8(10(13)5-16-14)11-6-1-2-7(3-6)12(9)11/h6-14H,1-5H2/t6?,7?,8-,9?,10?,11?,12?,13?/m1/s1. The average Bonchev–Trinajstić information content (AvgIpc) is 2.99. The fraction of sp³-hybridized carbons (Fsp3) is 1.00. The minimum absolute atomic E-state index is 0.152. The van der Waals surface area contributed by atoms with E-state index in [9.17, 15) is 5.21 Å². The average molecular weight is 221 g/mol. The maximum Gasteiger partial charge on any atom is 0.126 e. The van der Waals surface area contributed by atoms with Crippen molar-refractivity contribution in [1.29, 1.82) is 0 Å². The van der Waals surface area contributed by atoms with Gasteiger partial charge in [0.1, 0.15) is 12.6 Å². The molecule has 0 spiro atoms. The highest BCUT2D eigenvalue weighted by Crippen LogP contribution is 2.68. The molecule has 3 heteroatoms. The third-order valence-electron chi connectivity index (χ3n) is 6.74. The van der Waals surface area contributed by atoms with Crippen LogP contribution in [-0.2, 0) is 4.84 Å². The summed E-state index contributed by atoms with van der Waals surface area (Å²) < 4.78 is 0. The van der Waals surface area contributed by atoms with Crippen molar-refractivity contribution in [1.82, 2.24) is 0 Å². The van der Waals surface area contributed by atoms with Crippen molar-refractivity contribution in [3.05, 3.63) is 5.21 Å². The predicted octanol–water partition coefficient (Wildman–Crippen LogP) is 0.611. The van der Waals surface area contributed by atoms with Crippen LogP contribution in [0.15, 0.2) is 0 Å². The number of hydrogen-bond acceptors (Lipinski definition) is 2. The van der Waals surface area contributed by atoms with Crippen LogP contribution in [0.1, 0.15) is 25.7 Å². The molecule has 5 aliphatic rings. The second kappa shape index (κ2) is 2.65. The zero-order valence-corrected chi connectivity index (χ0v) is 9.47. The van der Waals surface area contributed by atoms with E-state index in [-0.39, 0.29) is 5.23 Å². The van der Waals surface area contributed by atoms with Crippen LogP contribution < -0.4 is 5.23 Å². The Kier molecular flexibility index (Phi) is 1.47. The molecule has 0 radical (unpaired) electrons. The molecule has 1 N–H and O–H groups in total. The van der Waals surface area contributed by atoms with Gasteiger partial charge in [-0.1, -0.05) is 0 Å². The van der Waals surface area contributed by atoms with E-state index in [4.69, 9.17) is 4.84 Å². The van der Waals surface area contributed by atoms with Gasteiger partial charge in [0.05, 0.1) is 0 Å². The van der Waals surface area contributed by atoms with Crippen molar-refractivity contribution >= 4 is 0 Å². The first kappa shape index (κ1) is 8.90. The van der Waals surface area contributed by atoms with Crippen molar-refractivity contribution in [3.8, 4) is 0 Å². The molecule has 4 saturated carbocycles. The summed E-state index contributed by atoms with van der Waals surface area (Å²) in [7, 11) is 0. The van der Waals surface area contributed by atoms with Gasteiger partial charge in [0.2, 0.25) is 0 Å². The first-order chi connectivity index (χ1) is 7.84. The van der Waals surface area contributed by atoms with Crippen LogP contribution in [0, 0.1) is 46.6 Å². The highest BCUT2D eigenvalue weighted by Gasteiger charge is 2.69. The third kappa shape index (κ3) is 0.793. The lowest BCUT2D eigenvalue weighted by molar-refractivity contribution is -1.06. The second-order valence-corrected chi connectivity index (χ2v) is 6.87. The largest absolute Gasteiger partial charge is 0.600 e. The summed E-state index contributed by atoms with van der Waals surface area (Å²) in [5.41, 5.74) is 0. The molecule has 0 aromatic rings. The SMILES string of the molecule is [O-][NH+]1OCC2C1C1C[C@H]2C2C3CCC(C3)C12. The summed E-state index contributed by atoms with van der Waals surface area (Å²) in [6.45, 7) is 0.755. The minimum atomic E-state index is 0.152. The highest BCUT2D eigenvalue weighted by molar-refractivity contribution is 5.14. The molecular formula is C13H19NO2. The molecular weight excluding hydrogens is 202 g/mol. The number of quaternary nitrogens is 1. The summed E-state index contributed by atoms with van der Waals surface area (Å²) in [4.78, 5) is 5.32. The zero-order valence-electron chi connectivity index (χ0n) is 9.47. The van der Waals surface area contributed by atoms with E-state index in [1.807, 2.05) is 0 Å². The number of hydroxylamine groups is 2. The molecule has 4 bridgehead atoms. The molecule has 0 aromatic carbocycles. The van der Waals surface area contributed by atoms with Gasteiger partial charge in [-0.25, -0.2) is 10.1 Å². The lowest BCUT2D eigenvalue weighted by atomic mass is 9.66. The first-order valence-corrected chi connectivity index (χ1v) is 7.01. The number of hydrogen-bond donors (Lipinski definition) is 1. The van der Waals surface area contributed by atoms with E-state index in [0.717, 1.165) is 42.1 Å². The Morgan fingerprint density at radius 2 is 1.69 bits per heavy atom. The Bertz CT molecular complexity index is 347. The van der Waals surface area contributed by atoms with Crippen LogP contribution >= 0.6 is 0 Å². The lowest BCUT2D eigenvalue weighted by Gasteiger charge is -2.40. The molecule has 3 nitrogen and oxygen atoms in total. The Morgan fingerprint density at radius 1 is 0.938 bits per heavy atom. The zero-order chi connectivity index (χ0) is 10.4. The van der Waals surface area contributed by atoms with Gasteiger partial charge in [-0.3, -0.25) is 0 Å². The van der Waals surface area contributed by atoms with Crippen molar-refractivity contribution < 1.29 is 10.1 Å². The smallest absolute Gasteiger partial charge is 0.126 e. The molecule has 5 rings (SSSR count). The Balaban J connectivity index is 1.57. The van der Waals surface area contributed by atoms with Gasteiger partial charge < -0.3 is 5.21 Å². The van der Waals surface area contributed by atoms with Crippen molar-refractivity contribution in [2.75, 3.05) is 6.61 Å². The van der Waals surface area contributed by atoms with Gasteiger partial charge in [-0.2, -0.15) is 0 Å². The van der Waals surface area contributed by atoms with E-state index < -0.39 is 0 Å². The van der Waals surface area contributed by atoms with E-state index >= 15 is 0 Å². The van der Waals surface area contributed by atoms with Gasteiger partial charge in [-0.05, 0) is 55.3 Å². The van der Waals surface area contributed by atoms with Crippen LogP contribution in [0.2, 0.25) is 0 Å². The summed E-state index contributed by atoms with van der Waals surface area (Å²) in [5.74, 6) is 6.15. The van der Waals surface area contributed by atoms with Crippen LogP contribution in [0.25, 0.3) is 0 Å². The second-order valence-electron chi connectivity index (χ2n) is 6.87. The molecule has 0 aromatic heterocycles. The van der Waals surface area contributed by atoms with Crippen LogP contribution in [0.5, 0.6) is 0 Å². The number of nitrogens with one attached hydrogen (secondary N) is 1. The molecule has 88 valence electrons. The van der Waals surface area contributed by atoms with Gasteiger partial charge in [0.25, 0.3) is 0 Å². The van der Waals surface area contributed by atoms with Crippen molar-refractivity contribution in [2.45, 2.75) is 31.7 Å². The van der Waals surface area contributed by atoms with E-state index in [2.05, 4.69) is 0 Å². The number of rotatable bonds is 0. The van der Waals surface area contributed by atoms with Crippen molar-refractivity contribution in [3.63, 3.8) is 0 Å². The maximum atomic E-state index is 11.8. The first-order valence-electron chi connectivity index (χ1n) is 7.01.